The summed E-state index contributed by atoms with van der Waals surface area (Å²) in [7, 11) is 0. The van der Waals surface area contributed by atoms with Crippen molar-refractivity contribution in [2.24, 2.45) is 0 Å². The molecule has 1 N–H and O–H groups in total. The first-order valence-electron chi connectivity index (χ1n) is 7.26. The fraction of sp³-hybridized carbons (Fsp3) is 0.500. The Kier molecular flexibility index (Phi) is 4.90. The minimum atomic E-state index is 0.108. The predicted octanol–water partition coefficient (Wildman–Crippen LogP) is 2.76. The number of aryl methyl sites for hydroxylation is 1. The van der Waals surface area contributed by atoms with Crippen molar-refractivity contribution >= 4 is 0 Å². The van der Waals surface area contributed by atoms with Gasteiger partial charge in [-0.05, 0) is 12.0 Å². The molecule has 2 rings (SSSR count). The molecule has 0 atom stereocenters. The highest BCUT2D eigenvalue weighted by Crippen LogP contribution is 2.21. The van der Waals surface area contributed by atoms with Crippen molar-refractivity contribution < 1.29 is 0 Å². The van der Waals surface area contributed by atoms with Crippen LogP contribution in [0.3, 0.4) is 0 Å². The van der Waals surface area contributed by atoms with Gasteiger partial charge in [0, 0.05) is 18.5 Å². The third-order valence-corrected chi connectivity index (χ3v) is 3.54. The smallest absolute Gasteiger partial charge is 0.140 e. The van der Waals surface area contributed by atoms with Crippen LogP contribution in [0.15, 0.2) is 36.7 Å². The zero-order valence-corrected chi connectivity index (χ0v) is 12.6. The highest BCUT2D eigenvalue weighted by molar-refractivity contribution is 5.23. The first-order chi connectivity index (χ1) is 9.63. The monoisotopic (exact) mass is 272 g/mol. The molecule has 0 aliphatic rings. The van der Waals surface area contributed by atoms with Crippen LogP contribution in [0.1, 0.15) is 38.6 Å². The zero-order chi connectivity index (χ0) is 14.4. The summed E-state index contributed by atoms with van der Waals surface area (Å²) < 4.78 is 1.97. The van der Waals surface area contributed by atoms with E-state index in [1.165, 1.54) is 5.56 Å². The van der Waals surface area contributed by atoms with E-state index in [0.29, 0.717) is 0 Å². The van der Waals surface area contributed by atoms with Gasteiger partial charge in [-0.25, -0.2) is 9.67 Å². The maximum absolute atomic E-state index is 4.32. The molecule has 0 saturated carbocycles. The molecular weight excluding hydrogens is 248 g/mol. The first kappa shape index (κ1) is 14.7. The molecule has 2 aromatic rings. The molecule has 0 radical (unpaired) electrons. The quantitative estimate of drug-likeness (QED) is 0.843. The summed E-state index contributed by atoms with van der Waals surface area (Å²) in [5, 5.41) is 7.75. The molecule has 4 heteroatoms. The Labute approximate surface area is 121 Å². The summed E-state index contributed by atoms with van der Waals surface area (Å²) in [5.41, 5.74) is 1.46. The van der Waals surface area contributed by atoms with E-state index < -0.39 is 0 Å². The van der Waals surface area contributed by atoms with Gasteiger partial charge in [0.25, 0.3) is 0 Å². The number of aromatic nitrogens is 3. The van der Waals surface area contributed by atoms with Gasteiger partial charge in [0.05, 0.1) is 6.54 Å². The van der Waals surface area contributed by atoms with E-state index in [9.17, 15) is 0 Å². The number of nitrogens with zero attached hydrogens (tertiary/aromatic N) is 3. The third-order valence-electron chi connectivity index (χ3n) is 3.54. The van der Waals surface area contributed by atoms with Crippen LogP contribution in [0.4, 0.5) is 0 Å². The van der Waals surface area contributed by atoms with E-state index in [-0.39, 0.29) is 5.41 Å². The lowest BCUT2D eigenvalue weighted by Crippen LogP contribution is -2.33. The molecule has 0 aliphatic carbocycles. The van der Waals surface area contributed by atoms with Gasteiger partial charge in [0.15, 0.2) is 0 Å². The molecule has 1 aromatic heterocycles. The van der Waals surface area contributed by atoms with Gasteiger partial charge < -0.3 is 5.32 Å². The Hall–Kier alpha value is -1.68. The SMILES string of the molecule is CCCn1ncnc1CNCC(C)(C)c1ccccc1. The number of rotatable bonds is 7. The molecule has 0 unspecified atom stereocenters. The summed E-state index contributed by atoms with van der Waals surface area (Å²) in [4.78, 5) is 4.32. The van der Waals surface area contributed by atoms with E-state index in [1.54, 1.807) is 6.33 Å². The first-order valence-corrected chi connectivity index (χ1v) is 7.26. The number of hydrogen-bond donors (Lipinski definition) is 1. The van der Waals surface area contributed by atoms with E-state index >= 15 is 0 Å². The molecular formula is C16H24N4. The molecule has 0 fully saturated rings. The third kappa shape index (κ3) is 3.67. The lowest BCUT2D eigenvalue weighted by molar-refractivity contribution is 0.453. The molecule has 20 heavy (non-hydrogen) atoms. The van der Waals surface area contributed by atoms with Crippen LogP contribution in [0, 0.1) is 0 Å². The van der Waals surface area contributed by atoms with Crippen molar-refractivity contribution in [3.8, 4) is 0 Å². The van der Waals surface area contributed by atoms with Gasteiger partial charge in [0.2, 0.25) is 0 Å². The second-order valence-corrected chi connectivity index (χ2v) is 5.75. The topological polar surface area (TPSA) is 42.7 Å². The molecule has 0 spiro atoms. The van der Waals surface area contributed by atoms with E-state index in [1.807, 2.05) is 4.68 Å². The van der Waals surface area contributed by atoms with E-state index in [0.717, 1.165) is 31.9 Å². The zero-order valence-electron chi connectivity index (χ0n) is 12.6. The molecule has 1 heterocycles. The van der Waals surface area contributed by atoms with Crippen LogP contribution in [0.5, 0.6) is 0 Å². The lowest BCUT2D eigenvalue weighted by Gasteiger charge is -2.25. The largest absolute Gasteiger partial charge is 0.309 e. The Morgan fingerprint density at radius 1 is 1.20 bits per heavy atom. The van der Waals surface area contributed by atoms with Crippen LogP contribution in [0.25, 0.3) is 0 Å². The maximum Gasteiger partial charge on any atom is 0.140 e. The summed E-state index contributed by atoms with van der Waals surface area (Å²) >= 11 is 0. The lowest BCUT2D eigenvalue weighted by atomic mass is 9.85. The average molecular weight is 272 g/mol. The average Bonchev–Trinajstić information content (AvgIpc) is 2.88. The number of hydrogen-bond acceptors (Lipinski definition) is 3. The Morgan fingerprint density at radius 2 is 1.95 bits per heavy atom. The van der Waals surface area contributed by atoms with Crippen LogP contribution in [-0.2, 0) is 18.5 Å². The van der Waals surface area contributed by atoms with E-state index in [4.69, 9.17) is 0 Å². The van der Waals surface area contributed by atoms with Crippen LogP contribution >= 0.6 is 0 Å². The molecule has 0 bridgehead atoms. The van der Waals surface area contributed by atoms with Gasteiger partial charge in [-0.15, -0.1) is 0 Å². The predicted molar refractivity (Wildman–Crippen MR) is 81.5 cm³/mol. The minimum absolute atomic E-state index is 0.108. The molecule has 0 aliphatic heterocycles. The second kappa shape index (κ2) is 6.66. The molecule has 0 saturated heterocycles. The van der Waals surface area contributed by atoms with Crippen molar-refractivity contribution in [2.75, 3.05) is 6.54 Å². The van der Waals surface area contributed by atoms with Gasteiger partial charge in [-0.3, -0.25) is 0 Å². The Bertz CT molecular complexity index is 516. The van der Waals surface area contributed by atoms with Crippen molar-refractivity contribution in [3.63, 3.8) is 0 Å². The van der Waals surface area contributed by atoms with Crippen molar-refractivity contribution in [3.05, 3.63) is 48.0 Å². The molecule has 4 nitrogen and oxygen atoms in total. The second-order valence-electron chi connectivity index (χ2n) is 5.75. The summed E-state index contributed by atoms with van der Waals surface area (Å²) in [6, 6.07) is 10.6. The molecule has 0 amide bonds. The number of nitrogens with one attached hydrogen (secondary N) is 1. The van der Waals surface area contributed by atoms with Crippen LogP contribution in [0.2, 0.25) is 0 Å². The van der Waals surface area contributed by atoms with Crippen LogP contribution < -0.4 is 5.32 Å². The Balaban J connectivity index is 1.90. The highest BCUT2D eigenvalue weighted by atomic mass is 15.3. The minimum Gasteiger partial charge on any atom is -0.309 e. The number of benzene rings is 1. The molecule has 108 valence electrons. The van der Waals surface area contributed by atoms with Crippen molar-refractivity contribution in [2.45, 2.75) is 45.7 Å². The maximum atomic E-state index is 4.32. The fourth-order valence-electron chi connectivity index (χ4n) is 2.30. The summed E-state index contributed by atoms with van der Waals surface area (Å²) in [5.74, 6) is 1.01. The van der Waals surface area contributed by atoms with Gasteiger partial charge in [0.1, 0.15) is 12.2 Å². The molecule has 1 aromatic carbocycles. The van der Waals surface area contributed by atoms with Crippen LogP contribution in [-0.4, -0.2) is 21.3 Å². The highest BCUT2D eigenvalue weighted by Gasteiger charge is 2.19. The van der Waals surface area contributed by atoms with Gasteiger partial charge in [-0.2, -0.15) is 5.10 Å². The Morgan fingerprint density at radius 3 is 2.65 bits per heavy atom. The summed E-state index contributed by atoms with van der Waals surface area (Å²) in [6.45, 7) is 9.26. The normalized spacial score (nSPS) is 11.8. The standard InChI is InChI=1S/C16H24N4/c1-4-10-20-15(18-13-19-20)11-17-12-16(2,3)14-8-6-5-7-9-14/h5-9,13,17H,4,10-12H2,1-3H3. The van der Waals surface area contributed by atoms with Gasteiger partial charge >= 0.3 is 0 Å². The van der Waals surface area contributed by atoms with Gasteiger partial charge in [-0.1, -0.05) is 51.1 Å². The van der Waals surface area contributed by atoms with Crippen molar-refractivity contribution in [1.82, 2.24) is 20.1 Å². The fourth-order valence-corrected chi connectivity index (χ4v) is 2.30. The van der Waals surface area contributed by atoms with E-state index in [2.05, 4.69) is 66.5 Å². The summed E-state index contributed by atoms with van der Waals surface area (Å²) in [6.07, 6.45) is 2.71. The van der Waals surface area contributed by atoms with Crippen molar-refractivity contribution in [1.29, 1.82) is 0 Å².